The van der Waals surface area contributed by atoms with Gasteiger partial charge in [-0.15, -0.1) is 0 Å². The van der Waals surface area contributed by atoms with Gasteiger partial charge in [0.15, 0.2) is 0 Å². The van der Waals surface area contributed by atoms with Crippen molar-refractivity contribution in [2.75, 3.05) is 19.0 Å². The fraction of sp³-hybridized carbons (Fsp3) is 0.615. The van der Waals surface area contributed by atoms with E-state index in [1.165, 1.54) is 32.8 Å². The molecule has 0 aromatic carbocycles. The van der Waals surface area contributed by atoms with Crippen molar-refractivity contribution in [3.8, 4) is 0 Å². The summed E-state index contributed by atoms with van der Waals surface area (Å²) >= 11 is 0. The van der Waals surface area contributed by atoms with Crippen molar-refractivity contribution in [2.24, 2.45) is 11.7 Å². The maximum absolute atomic E-state index is 11.4. The molecule has 104 valence electrons. The normalized spacial score (nSPS) is 17.2. The van der Waals surface area contributed by atoms with Crippen molar-refractivity contribution < 1.29 is 9.53 Å². The molecule has 0 amide bonds. The van der Waals surface area contributed by atoms with Crippen molar-refractivity contribution in [3.05, 3.63) is 18.1 Å². The molecule has 1 heterocycles. The topological polar surface area (TPSA) is 90.1 Å². The highest BCUT2D eigenvalue weighted by atomic mass is 16.5. The van der Waals surface area contributed by atoms with E-state index in [2.05, 4.69) is 20.0 Å². The van der Waals surface area contributed by atoms with E-state index in [9.17, 15) is 4.79 Å². The quantitative estimate of drug-likeness (QED) is 0.776. The lowest BCUT2D eigenvalue weighted by Gasteiger charge is -2.23. The number of carbonyl (C=O) groups excluding carboxylic acids is 1. The van der Waals surface area contributed by atoms with Gasteiger partial charge in [-0.25, -0.2) is 14.8 Å². The molecule has 1 saturated carbocycles. The van der Waals surface area contributed by atoms with Crippen LogP contribution in [0.1, 0.15) is 36.3 Å². The Morgan fingerprint density at radius 3 is 2.95 bits per heavy atom. The monoisotopic (exact) mass is 264 g/mol. The standard InChI is InChI=1S/C13H20N4O2/c1-19-13(18)12-15-7-6-11(17-12)16-10(8-14)9-4-2-3-5-9/h6-7,9-10H,2-5,8,14H2,1H3,(H,15,16,17). The second-order valence-corrected chi connectivity index (χ2v) is 4.79. The summed E-state index contributed by atoms with van der Waals surface area (Å²) in [5.74, 6) is 0.739. The molecule has 1 aromatic heterocycles. The van der Waals surface area contributed by atoms with Crippen LogP contribution in [-0.2, 0) is 4.74 Å². The Hall–Kier alpha value is -1.69. The van der Waals surface area contributed by atoms with Crippen LogP contribution in [0.25, 0.3) is 0 Å². The number of anilines is 1. The molecule has 3 N–H and O–H groups in total. The Balaban J connectivity index is 2.06. The van der Waals surface area contributed by atoms with E-state index in [1.54, 1.807) is 12.3 Å². The third-order valence-corrected chi connectivity index (χ3v) is 3.58. The third kappa shape index (κ3) is 3.41. The van der Waals surface area contributed by atoms with Gasteiger partial charge in [-0.2, -0.15) is 0 Å². The van der Waals surface area contributed by atoms with Gasteiger partial charge in [0.2, 0.25) is 5.82 Å². The van der Waals surface area contributed by atoms with Gasteiger partial charge in [0.25, 0.3) is 0 Å². The van der Waals surface area contributed by atoms with E-state index >= 15 is 0 Å². The van der Waals surface area contributed by atoms with Gasteiger partial charge in [0, 0.05) is 18.8 Å². The van der Waals surface area contributed by atoms with E-state index in [0.717, 1.165) is 0 Å². The molecule has 1 aliphatic rings. The van der Waals surface area contributed by atoms with E-state index in [4.69, 9.17) is 5.73 Å². The highest BCUT2D eigenvalue weighted by molar-refractivity contribution is 5.85. The van der Waals surface area contributed by atoms with Crippen LogP contribution in [0.5, 0.6) is 0 Å². The molecule has 1 fully saturated rings. The lowest BCUT2D eigenvalue weighted by Crippen LogP contribution is -2.35. The van der Waals surface area contributed by atoms with Crippen LogP contribution in [0, 0.1) is 5.92 Å². The largest absolute Gasteiger partial charge is 0.463 e. The first-order valence-corrected chi connectivity index (χ1v) is 6.62. The lowest BCUT2D eigenvalue weighted by molar-refractivity contribution is 0.0587. The van der Waals surface area contributed by atoms with Crippen molar-refractivity contribution >= 4 is 11.8 Å². The van der Waals surface area contributed by atoms with Gasteiger partial charge < -0.3 is 15.8 Å². The number of nitrogens with zero attached hydrogens (tertiary/aromatic N) is 2. The van der Waals surface area contributed by atoms with Gasteiger partial charge in [0.1, 0.15) is 5.82 Å². The average Bonchev–Trinajstić information content (AvgIpc) is 2.98. The zero-order valence-electron chi connectivity index (χ0n) is 11.1. The van der Waals surface area contributed by atoms with E-state index < -0.39 is 5.97 Å². The summed E-state index contributed by atoms with van der Waals surface area (Å²) in [6, 6.07) is 1.94. The van der Waals surface area contributed by atoms with Crippen molar-refractivity contribution in [1.82, 2.24) is 9.97 Å². The first-order valence-electron chi connectivity index (χ1n) is 6.62. The van der Waals surface area contributed by atoms with E-state index in [0.29, 0.717) is 18.3 Å². The van der Waals surface area contributed by atoms with Crippen LogP contribution in [0.4, 0.5) is 5.82 Å². The number of ether oxygens (including phenoxy) is 1. The predicted molar refractivity (Wildman–Crippen MR) is 71.8 cm³/mol. The molecule has 0 spiro atoms. The van der Waals surface area contributed by atoms with Crippen molar-refractivity contribution in [2.45, 2.75) is 31.7 Å². The van der Waals surface area contributed by atoms with Gasteiger partial charge in [-0.1, -0.05) is 12.8 Å². The van der Waals surface area contributed by atoms with Gasteiger partial charge in [-0.05, 0) is 24.8 Å². The highest BCUT2D eigenvalue weighted by Crippen LogP contribution is 2.28. The molecule has 0 saturated heterocycles. The summed E-state index contributed by atoms with van der Waals surface area (Å²) in [7, 11) is 1.31. The van der Waals surface area contributed by atoms with Crippen LogP contribution in [0.15, 0.2) is 12.3 Å². The third-order valence-electron chi connectivity index (χ3n) is 3.58. The Morgan fingerprint density at radius 1 is 1.58 bits per heavy atom. The van der Waals surface area contributed by atoms with Crippen LogP contribution in [-0.4, -0.2) is 35.6 Å². The minimum absolute atomic E-state index is 0.0645. The number of nitrogens with two attached hydrogens (primary N) is 1. The van der Waals surface area contributed by atoms with Crippen LogP contribution in [0.2, 0.25) is 0 Å². The molecule has 0 bridgehead atoms. The minimum atomic E-state index is -0.534. The van der Waals surface area contributed by atoms with Gasteiger partial charge in [-0.3, -0.25) is 0 Å². The Kier molecular flexibility index (Phi) is 4.68. The number of aromatic nitrogens is 2. The summed E-state index contributed by atoms with van der Waals surface area (Å²) in [6.45, 7) is 0.558. The van der Waals surface area contributed by atoms with E-state index in [1.807, 2.05) is 0 Å². The molecule has 1 aromatic rings. The fourth-order valence-corrected chi connectivity index (χ4v) is 2.55. The summed E-state index contributed by atoms with van der Waals surface area (Å²) in [6.07, 6.45) is 6.47. The van der Waals surface area contributed by atoms with Gasteiger partial charge in [0.05, 0.1) is 7.11 Å². The zero-order valence-corrected chi connectivity index (χ0v) is 11.1. The average molecular weight is 264 g/mol. The molecule has 6 heteroatoms. The Morgan fingerprint density at radius 2 is 2.32 bits per heavy atom. The Bertz CT molecular complexity index is 432. The molecular formula is C13H20N4O2. The lowest BCUT2D eigenvalue weighted by atomic mass is 9.98. The molecule has 1 unspecified atom stereocenters. The summed E-state index contributed by atoms with van der Waals surface area (Å²) in [5.41, 5.74) is 5.83. The molecule has 6 nitrogen and oxygen atoms in total. The molecule has 1 atom stereocenters. The molecule has 0 radical (unpaired) electrons. The smallest absolute Gasteiger partial charge is 0.376 e. The summed E-state index contributed by atoms with van der Waals surface area (Å²) in [4.78, 5) is 19.4. The van der Waals surface area contributed by atoms with Crippen LogP contribution in [0.3, 0.4) is 0 Å². The summed E-state index contributed by atoms with van der Waals surface area (Å²) in [5, 5.41) is 3.31. The van der Waals surface area contributed by atoms with Crippen LogP contribution >= 0.6 is 0 Å². The molecule has 19 heavy (non-hydrogen) atoms. The summed E-state index contributed by atoms with van der Waals surface area (Å²) < 4.78 is 4.61. The second kappa shape index (κ2) is 6.47. The Labute approximate surface area is 112 Å². The fourth-order valence-electron chi connectivity index (χ4n) is 2.55. The van der Waals surface area contributed by atoms with Gasteiger partial charge >= 0.3 is 5.97 Å². The van der Waals surface area contributed by atoms with Crippen molar-refractivity contribution in [1.29, 1.82) is 0 Å². The number of esters is 1. The van der Waals surface area contributed by atoms with E-state index in [-0.39, 0.29) is 11.9 Å². The molecule has 0 aliphatic heterocycles. The first-order chi connectivity index (χ1) is 9.24. The first kappa shape index (κ1) is 13.7. The van der Waals surface area contributed by atoms with Crippen LogP contribution < -0.4 is 11.1 Å². The molecule has 1 aliphatic carbocycles. The second-order valence-electron chi connectivity index (χ2n) is 4.79. The maximum atomic E-state index is 11.4. The number of hydrogen-bond donors (Lipinski definition) is 2. The van der Waals surface area contributed by atoms with Crippen molar-refractivity contribution in [3.63, 3.8) is 0 Å². The number of rotatable bonds is 5. The molecular weight excluding hydrogens is 244 g/mol. The number of nitrogens with one attached hydrogen (secondary N) is 1. The zero-order chi connectivity index (χ0) is 13.7. The highest BCUT2D eigenvalue weighted by Gasteiger charge is 2.24. The predicted octanol–water partition coefficient (Wildman–Crippen LogP) is 1.19. The number of methoxy groups -OCH3 is 1. The number of hydrogen-bond acceptors (Lipinski definition) is 6. The SMILES string of the molecule is COC(=O)c1nccc(NC(CN)C2CCCC2)n1. The molecule has 2 rings (SSSR count). The maximum Gasteiger partial charge on any atom is 0.376 e. The number of carbonyl (C=O) groups is 1. The minimum Gasteiger partial charge on any atom is -0.463 e.